The maximum absolute atomic E-state index is 12.8. The zero-order chi connectivity index (χ0) is 14.3. The second kappa shape index (κ2) is 4.91. The minimum absolute atomic E-state index is 0.203. The highest BCUT2D eigenvalue weighted by molar-refractivity contribution is 5.68. The summed E-state index contributed by atoms with van der Waals surface area (Å²) in [5, 5.41) is 0. The van der Waals surface area contributed by atoms with Gasteiger partial charge in [0.1, 0.15) is 5.60 Å². The Kier molecular flexibility index (Phi) is 3.76. The number of hydrogen-bond acceptors (Lipinski definition) is 2. The third-order valence-corrected chi connectivity index (χ3v) is 4.19. The molecule has 0 radical (unpaired) electrons. The fourth-order valence-corrected chi connectivity index (χ4v) is 3.04. The highest BCUT2D eigenvalue weighted by Crippen LogP contribution is 2.61. The van der Waals surface area contributed by atoms with Crippen LogP contribution in [0.2, 0.25) is 0 Å². The lowest BCUT2D eigenvalue weighted by Gasteiger charge is -2.26. The number of amides is 1. The summed E-state index contributed by atoms with van der Waals surface area (Å²) in [4.78, 5) is 13.6. The lowest BCUT2D eigenvalue weighted by atomic mass is 9.94. The first-order valence-electron chi connectivity index (χ1n) is 7.00. The second-order valence-corrected chi connectivity index (χ2v) is 6.83. The van der Waals surface area contributed by atoms with Gasteiger partial charge in [-0.15, -0.1) is 0 Å². The SMILES string of the molecule is CC(C)(C)OC(=O)N1CCCC2(CC1)CC2C(F)F. The van der Waals surface area contributed by atoms with E-state index in [0.29, 0.717) is 25.9 Å². The normalized spacial score (nSPS) is 31.5. The Morgan fingerprint density at radius 2 is 2.00 bits per heavy atom. The molecule has 1 saturated heterocycles. The summed E-state index contributed by atoms with van der Waals surface area (Å²) in [6, 6.07) is 0. The quantitative estimate of drug-likeness (QED) is 0.730. The van der Waals surface area contributed by atoms with E-state index in [1.807, 2.05) is 20.8 Å². The maximum Gasteiger partial charge on any atom is 0.410 e. The Labute approximate surface area is 113 Å². The number of halogens is 2. The molecule has 2 unspecified atom stereocenters. The summed E-state index contributed by atoms with van der Waals surface area (Å²) in [6.07, 6.45) is 0.365. The first kappa shape index (κ1) is 14.5. The first-order valence-corrected chi connectivity index (χ1v) is 7.00. The van der Waals surface area contributed by atoms with E-state index < -0.39 is 17.9 Å². The zero-order valence-electron chi connectivity index (χ0n) is 11.9. The number of hydrogen-bond donors (Lipinski definition) is 0. The Morgan fingerprint density at radius 3 is 2.53 bits per heavy atom. The van der Waals surface area contributed by atoms with Crippen molar-refractivity contribution < 1.29 is 18.3 Å². The van der Waals surface area contributed by atoms with E-state index in [0.717, 1.165) is 12.8 Å². The van der Waals surface area contributed by atoms with Crippen LogP contribution in [0.1, 0.15) is 46.5 Å². The van der Waals surface area contributed by atoms with Crippen molar-refractivity contribution in [1.82, 2.24) is 4.90 Å². The summed E-state index contributed by atoms with van der Waals surface area (Å²) >= 11 is 0. The molecule has 1 saturated carbocycles. The number of alkyl halides is 2. The Bertz CT molecular complexity index is 354. The molecule has 0 N–H and O–H groups in total. The molecule has 2 rings (SSSR count). The van der Waals surface area contributed by atoms with E-state index in [2.05, 4.69) is 0 Å². The molecule has 5 heteroatoms. The lowest BCUT2D eigenvalue weighted by Crippen LogP contribution is -2.37. The van der Waals surface area contributed by atoms with E-state index in [9.17, 15) is 13.6 Å². The minimum Gasteiger partial charge on any atom is -0.444 e. The number of nitrogens with zero attached hydrogens (tertiary/aromatic N) is 1. The predicted molar refractivity (Wildman–Crippen MR) is 68.2 cm³/mol. The van der Waals surface area contributed by atoms with Crippen molar-refractivity contribution in [3.8, 4) is 0 Å². The fraction of sp³-hybridized carbons (Fsp3) is 0.929. The second-order valence-electron chi connectivity index (χ2n) is 6.83. The number of carbonyl (C=O) groups excluding carboxylic acids is 1. The molecule has 0 aromatic rings. The van der Waals surface area contributed by atoms with Crippen molar-refractivity contribution in [2.75, 3.05) is 13.1 Å². The summed E-state index contributed by atoms with van der Waals surface area (Å²) in [7, 11) is 0. The average molecular weight is 275 g/mol. The van der Waals surface area contributed by atoms with Gasteiger partial charge >= 0.3 is 6.09 Å². The molecule has 1 heterocycles. The van der Waals surface area contributed by atoms with Crippen LogP contribution in [0, 0.1) is 11.3 Å². The van der Waals surface area contributed by atoms with E-state index in [1.165, 1.54) is 0 Å². The van der Waals surface area contributed by atoms with Crippen LogP contribution in [0.4, 0.5) is 13.6 Å². The van der Waals surface area contributed by atoms with Gasteiger partial charge in [0.2, 0.25) is 6.43 Å². The van der Waals surface area contributed by atoms with Gasteiger partial charge in [-0.25, -0.2) is 13.6 Å². The average Bonchev–Trinajstić information content (AvgIpc) is 2.99. The van der Waals surface area contributed by atoms with Crippen LogP contribution in [0.5, 0.6) is 0 Å². The molecule has 2 fully saturated rings. The molecule has 1 spiro atoms. The van der Waals surface area contributed by atoms with Crippen molar-refractivity contribution in [3.63, 3.8) is 0 Å². The molecule has 0 bridgehead atoms. The number of ether oxygens (including phenoxy) is 1. The molecule has 110 valence electrons. The lowest BCUT2D eigenvalue weighted by molar-refractivity contribution is 0.0253. The van der Waals surface area contributed by atoms with Gasteiger partial charge < -0.3 is 9.64 Å². The summed E-state index contributed by atoms with van der Waals surface area (Å²) in [6.45, 7) is 6.65. The molecule has 2 atom stereocenters. The van der Waals surface area contributed by atoms with Gasteiger partial charge in [0.15, 0.2) is 0 Å². The summed E-state index contributed by atoms with van der Waals surface area (Å²) in [5.74, 6) is -0.453. The molecular formula is C14H23F2NO2. The smallest absolute Gasteiger partial charge is 0.410 e. The number of likely N-dealkylation sites (tertiary alicyclic amines) is 1. The summed E-state index contributed by atoms with van der Waals surface area (Å²) < 4.78 is 30.8. The van der Waals surface area contributed by atoms with Gasteiger partial charge in [0.05, 0.1) is 0 Å². The predicted octanol–water partition coefficient (Wildman–Crippen LogP) is 3.68. The fourth-order valence-electron chi connectivity index (χ4n) is 3.04. The van der Waals surface area contributed by atoms with Crippen molar-refractivity contribution in [2.24, 2.45) is 11.3 Å². The topological polar surface area (TPSA) is 29.5 Å². The molecule has 3 nitrogen and oxygen atoms in total. The van der Waals surface area contributed by atoms with Crippen LogP contribution in [0.15, 0.2) is 0 Å². The standard InChI is InChI=1S/C14H23F2NO2/c1-13(2,3)19-12(18)17-7-4-5-14(6-8-17)9-10(14)11(15)16/h10-11H,4-9H2,1-3H3. The summed E-state index contributed by atoms with van der Waals surface area (Å²) in [5.41, 5.74) is -0.711. The van der Waals surface area contributed by atoms with Gasteiger partial charge in [-0.05, 0) is 51.9 Å². The monoisotopic (exact) mass is 275 g/mol. The van der Waals surface area contributed by atoms with E-state index in [1.54, 1.807) is 4.90 Å². The molecule has 1 aliphatic carbocycles. The molecule has 2 aliphatic rings. The third-order valence-electron chi connectivity index (χ3n) is 4.19. The highest BCUT2D eigenvalue weighted by Gasteiger charge is 2.58. The van der Waals surface area contributed by atoms with Gasteiger partial charge in [-0.1, -0.05) is 0 Å². The van der Waals surface area contributed by atoms with Crippen LogP contribution >= 0.6 is 0 Å². The molecule has 0 aromatic carbocycles. The van der Waals surface area contributed by atoms with Gasteiger partial charge in [0.25, 0.3) is 0 Å². The molecule has 1 amide bonds. The Hall–Kier alpha value is -0.870. The highest BCUT2D eigenvalue weighted by atomic mass is 19.3. The van der Waals surface area contributed by atoms with Crippen LogP contribution in [0.25, 0.3) is 0 Å². The van der Waals surface area contributed by atoms with E-state index in [4.69, 9.17) is 4.74 Å². The number of carbonyl (C=O) groups is 1. The van der Waals surface area contributed by atoms with Gasteiger partial charge in [0, 0.05) is 19.0 Å². The van der Waals surface area contributed by atoms with Gasteiger partial charge in [-0.2, -0.15) is 0 Å². The Balaban J connectivity index is 1.89. The maximum atomic E-state index is 12.8. The van der Waals surface area contributed by atoms with Crippen molar-refractivity contribution in [3.05, 3.63) is 0 Å². The van der Waals surface area contributed by atoms with Crippen molar-refractivity contribution >= 4 is 6.09 Å². The van der Waals surface area contributed by atoms with Gasteiger partial charge in [-0.3, -0.25) is 0 Å². The molecule has 0 aromatic heterocycles. The van der Waals surface area contributed by atoms with Crippen LogP contribution in [0.3, 0.4) is 0 Å². The number of rotatable bonds is 1. The molecule has 1 aliphatic heterocycles. The molecular weight excluding hydrogens is 252 g/mol. The van der Waals surface area contributed by atoms with E-state index in [-0.39, 0.29) is 11.5 Å². The Morgan fingerprint density at radius 1 is 1.32 bits per heavy atom. The third kappa shape index (κ3) is 3.37. The largest absolute Gasteiger partial charge is 0.444 e. The van der Waals surface area contributed by atoms with Crippen LogP contribution in [-0.4, -0.2) is 36.1 Å². The first-order chi connectivity index (χ1) is 8.73. The van der Waals surface area contributed by atoms with Crippen LogP contribution in [-0.2, 0) is 4.74 Å². The minimum atomic E-state index is -2.21. The van der Waals surface area contributed by atoms with Crippen molar-refractivity contribution in [2.45, 2.75) is 58.5 Å². The van der Waals surface area contributed by atoms with Crippen LogP contribution < -0.4 is 0 Å². The zero-order valence-corrected chi connectivity index (χ0v) is 11.9. The van der Waals surface area contributed by atoms with Crippen molar-refractivity contribution in [1.29, 1.82) is 0 Å². The van der Waals surface area contributed by atoms with E-state index >= 15 is 0 Å². The molecule has 19 heavy (non-hydrogen) atoms.